The van der Waals surface area contributed by atoms with Crippen LogP contribution in [0, 0.1) is 19.8 Å². The molecule has 1 aliphatic carbocycles. The first kappa shape index (κ1) is 17.4. The Kier molecular flexibility index (Phi) is 5.31. The van der Waals surface area contributed by atoms with Gasteiger partial charge in [0.05, 0.1) is 12.5 Å². The van der Waals surface area contributed by atoms with E-state index in [9.17, 15) is 9.59 Å². The molecular weight excluding hydrogens is 314 g/mol. The minimum Gasteiger partial charge on any atom is -0.349 e. The molecule has 2 N–H and O–H groups in total. The molecule has 3 rings (SSSR count). The Morgan fingerprint density at radius 1 is 1.24 bits per heavy atom. The quantitative estimate of drug-likeness (QED) is 0.879. The zero-order chi connectivity index (χ0) is 17.8. The molecule has 0 spiro atoms. The van der Waals surface area contributed by atoms with Gasteiger partial charge in [0.1, 0.15) is 5.82 Å². The van der Waals surface area contributed by atoms with Gasteiger partial charge in [0.2, 0.25) is 5.91 Å². The highest BCUT2D eigenvalue weighted by molar-refractivity contribution is 5.79. The lowest BCUT2D eigenvalue weighted by molar-refractivity contribution is -0.121. The molecule has 0 saturated heterocycles. The van der Waals surface area contributed by atoms with E-state index in [0.29, 0.717) is 23.0 Å². The zero-order valence-electron chi connectivity index (χ0n) is 14.8. The number of carbonyl (C=O) groups excluding carboxylic acids is 1. The zero-order valence-corrected chi connectivity index (χ0v) is 14.8. The number of nitrogens with zero attached hydrogens (tertiary/aromatic N) is 1. The summed E-state index contributed by atoms with van der Waals surface area (Å²) in [5.41, 5.74) is 1.97. The lowest BCUT2D eigenvalue weighted by Crippen LogP contribution is -2.35. The molecule has 1 fully saturated rings. The molecule has 1 amide bonds. The van der Waals surface area contributed by atoms with Crippen LogP contribution in [0.3, 0.4) is 0 Å². The molecule has 0 aliphatic heterocycles. The molecule has 0 bridgehead atoms. The van der Waals surface area contributed by atoms with Gasteiger partial charge in [-0.3, -0.25) is 9.59 Å². The van der Waals surface area contributed by atoms with E-state index >= 15 is 0 Å². The summed E-state index contributed by atoms with van der Waals surface area (Å²) in [6.45, 7) is 3.51. The molecule has 1 aromatic heterocycles. The molecule has 0 radical (unpaired) electrons. The average molecular weight is 339 g/mol. The van der Waals surface area contributed by atoms with Crippen molar-refractivity contribution in [3.05, 3.63) is 63.3 Å². The van der Waals surface area contributed by atoms with Crippen LogP contribution in [-0.2, 0) is 11.2 Å². The number of aryl methyl sites for hydroxylation is 2. The van der Waals surface area contributed by atoms with Gasteiger partial charge in [0, 0.05) is 11.3 Å². The summed E-state index contributed by atoms with van der Waals surface area (Å²) >= 11 is 0. The SMILES string of the molecule is Cc1nc(C)c(CC(=O)N[C@H](c2ccccc2)C2CCCC2)c(=O)[nH]1. The van der Waals surface area contributed by atoms with Gasteiger partial charge in [0.25, 0.3) is 5.56 Å². The van der Waals surface area contributed by atoms with Crippen LogP contribution in [0.2, 0.25) is 0 Å². The van der Waals surface area contributed by atoms with Crippen LogP contribution in [0.15, 0.2) is 35.1 Å². The topological polar surface area (TPSA) is 74.8 Å². The van der Waals surface area contributed by atoms with Gasteiger partial charge in [-0.2, -0.15) is 0 Å². The van der Waals surface area contributed by atoms with Crippen molar-refractivity contribution < 1.29 is 4.79 Å². The Bertz CT molecular complexity index is 792. The van der Waals surface area contributed by atoms with Crippen LogP contribution >= 0.6 is 0 Å². The first-order valence-corrected chi connectivity index (χ1v) is 8.95. The van der Waals surface area contributed by atoms with Crippen molar-refractivity contribution in [2.24, 2.45) is 5.92 Å². The molecule has 1 saturated carbocycles. The number of aromatic nitrogens is 2. The summed E-state index contributed by atoms with van der Waals surface area (Å²) in [7, 11) is 0. The van der Waals surface area contributed by atoms with E-state index in [1.54, 1.807) is 13.8 Å². The number of benzene rings is 1. The molecule has 1 aromatic carbocycles. The number of hydrogen-bond donors (Lipinski definition) is 2. The molecule has 1 heterocycles. The van der Waals surface area contributed by atoms with Gasteiger partial charge in [-0.25, -0.2) is 4.98 Å². The van der Waals surface area contributed by atoms with E-state index in [1.807, 2.05) is 18.2 Å². The third-order valence-corrected chi connectivity index (χ3v) is 5.02. The van der Waals surface area contributed by atoms with Gasteiger partial charge in [-0.15, -0.1) is 0 Å². The van der Waals surface area contributed by atoms with Crippen LogP contribution in [0.25, 0.3) is 0 Å². The van der Waals surface area contributed by atoms with Crippen molar-refractivity contribution in [3.63, 3.8) is 0 Å². The fourth-order valence-electron chi connectivity index (χ4n) is 3.77. The first-order chi connectivity index (χ1) is 12.0. The molecule has 1 atom stereocenters. The van der Waals surface area contributed by atoms with Crippen molar-refractivity contribution in [3.8, 4) is 0 Å². The summed E-state index contributed by atoms with van der Waals surface area (Å²) < 4.78 is 0. The van der Waals surface area contributed by atoms with Crippen LogP contribution in [0.4, 0.5) is 0 Å². The summed E-state index contributed by atoms with van der Waals surface area (Å²) in [4.78, 5) is 31.7. The van der Waals surface area contributed by atoms with Gasteiger partial charge in [0.15, 0.2) is 0 Å². The normalized spacial score (nSPS) is 15.9. The van der Waals surface area contributed by atoms with Crippen molar-refractivity contribution in [1.29, 1.82) is 0 Å². The molecular formula is C20H25N3O2. The smallest absolute Gasteiger partial charge is 0.254 e. The lowest BCUT2D eigenvalue weighted by Gasteiger charge is -2.25. The minimum absolute atomic E-state index is 0.00833. The van der Waals surface area contributed by atoms with Crippen LogP contribution in [0.5, 0.6) is 0 Å². The predicted octanol–water partition coefficient (Wildman–Crippen LogP) is 2.98. The highest BCUT2D eigenvalue weighted by Gasteiger charge is 2.28. The molecule has 1 aliphatic rings. The molecule has 0 unspecified atom stereocenters. The average Bonchev–Trinajstić information content (AvgIpc) is 3.11. The second-order valence-corrected chi connectivity index (χ2v) is 6.89. The minimum atomic E-state index is -0.225. The monoisotopic (exact) mass is 339 g/mol. The number of aromatic amines is 1. The molecule has 5 nitrogen and oxygen atoms in total. The second kappa shape index (κ2) is 7.64. The Morgan fingerprint density at radius 3 is 2.56 bits per heavy atom. The third-order valence-electron chi connectivity index (χ3n) is 5.02. The standard InChI is InChI=1S/C20H25N3O2/c1-13-17(20(25)22-14(2)21-13)12-18(24)23-19(16-10-6-7-11-16)15-8-4-3-5-9-15/h3-5,8-9,16,19H,6-7,10-12H2,1-2H3,(H,23,24)(H,21,22,25)/t19-/m1/s1. The largest absolute Gasteiger partial charge is 0.349 e. The lowest BCUT2D eigenvalue weighted by atomic mass is 9.91. The summed E-state index contributed by atoms with van der Waals surface area (Å²) in [6.07, 6.45) is 4.75. The van der Waals surface area contributed by atoms with Crippen molar-refractivity contribution >= 4 is 5.91 Å². The van der Waals surface area contributed by atoms with Gasteiger partial charge < -0.3 is 10.3 Å². The maximum Gasteiger partial charge on any atom is 0.254 e. The van der Waals surface area contributed by atoms with E-state index in [0.717, 1.165) is 18.4 Å². The Balaban J connectivity index is 1.78. The highest BCUT2D eigenvalue weighted by atomic mass is 16.2. The molecule has 25 heavy (non-hydrogen) atoms. The van der Waals surface area contributed by atoms with E-state index in [1.165, 1.54) is 12.8 Å². The predicted molar refractivity (Wildman–Crippen MR) is 97.3 cm³/mol. The summed E-state index contributed by atoms with van der Waals surface area (Å²) in [5.74, 6) is 0.904. The fourth-order valence-corrected chi connectivity index (χ4v) is 3.77. The van der Waals surface area contributed by atoms with E-state index in [2.05, 4.69) is 27.4 Å². The molecule has 132 valence electrons. The summed E-state index contributed by atoms with van der Waals surface area (Å²) in [6, 6.07) is 10.1. The van der Waals surface area contributed by atoms with Crippen LogP contribution in [0.1, 0.15) is 54.4 Å². The maximum atomic E-state index is 12.7. The number of carbonyl (C=O) groups is 1. The first-order valence-electron chi connectivity index (χ1n) is 8.95. The second-order valence-electron chi connectivity index (χ2n) is 6.89. The van der Waals surface area contributed by atoms with Crippen LogP contribution < -0.4 is 10.9 Å². The number of nitrogens with one attached hydrogen (secondary N) is 2. The van der Waals surface area contributed by atoms with Gasteiger partial charge >= 0.3 is 0 Å². The van der Waals surface area contributed by atoms with Crippen molar-refractivity contribution in [2.45, 2.75) is 52.0 Å². The number of rotatable bonds is 5. The fraction of sp³-hybridized carbons (Fsp3) is 0.450. The maximum absolute atomic E-state index is 12.7. The Morgan fingerprint density at radius 2 is 1.92 bits per heavy atom. The molecule has 5 heteroatoms. The Hall–Kier alpha value is -2.43. The number of hydrogen-bond acceptors (Lipinski definition) is 3. The van der Waals surface area contributed by atoms with Gasteiger partial charge in [-0.05, 0) is 38.2 Å². The van der Waals surface area contributed by atoms with Crippen molar-refractivity contribution in [2.75, 3.05) is 0 Å². The number of amides is 1. The summed E-state index contributed by atoms with van der Waals surface area (Å²) in [5, 5.41) is 3.17. The molecule has 2 aromatic rings. The highest BCUT2D eigenvalue weighted by Crippen LogP contribution is 2.35. The van der Waals surface area contributed by atoms with E-state index in [-0.39, 0.29) is 23.9 Å². The van der Waals surface area contributed by atoms with E-state index in [4.69, 9.17) is 0 Å². The van der Waals surface area contributed by atoms with E-state index < -0.39 is 0 Å². The third kappa shape index (κ3) is 4.16. The van der Waals surface area contributed by atoms with Crippen LogP contribution in [-0.4, -0.2) is 15.9 Å². The number of H-pyrrole nitrogens is 1. The van der Waals surface area contributed by atoms with Crippen molar-refractivity contribution in [1.82, 2.24) is 15.3 Å². The van der Waals surface area contributed by atoms with Gasteiger partial charge in [-0.1, -0.05) is 43.2 Å². The Labute approximate surface area is 147 Å².